The molecular weight excluding hydrogens is 616 g/mol. The molecular formula is C36H35FN6O3S. The van der Waals surface area contributed by atoms with E-state index in [4.69, 9.17) is 19.1 Å². The number of thiophene rings is 1. The number of anilines is 1. The molecule has 4 aromatic heterocycles. The molecule has 0 radical (unpaired) electrons. The quantitative estimate of drug-likeness (QED) is 0.192. The maximum atomic E-state index is 14.2. The van der Waals surface area contributed by atoms with E-state index < -0.39 is 0 Å². The third-order valence-corrected chi connectivity index (χ3v) is 11.6. The molecule has 0 spiro atoms. The minimum atomic E-state index is -0.227. The standard InChI is InChI=1S/C36H35FN6O3S/c1-19-41-42-35(46-19)29-26(8-4-20-11-15-45-16-12-20)39-32-27-3-2-14-43(27)36(44)31(32)30(29)28-17-22-10-13-38-34(33(22)47-28)40-25-9-6-21-5-7-23(37)18-24(21)25/h5,7,10,13,17-18,20,25,27H,2-4,6,8-9,11-12,14-16H2,1H3,(H,38,40)/t25-,27-/m1/s1. The van der Waals surface area contributed by atoms with Gasteiger partial charge >= 0.3 is 0 Å². The summed E-state index contributed by atoms with van der Waals surface area (Å²) in [6.45, 7) is 4.11. The second-order valence-electron chi connectivity index (χ2n) is 13.2. The highest BCUT2D eigenvalue weighted by molar-refractivity contribution is 7.23. The van der Waals surface area contributed by atoms with Crippen LogP contribution < -0.4 is 5.32 Å². The zero-order chi connectivity index (χ0) is 31.6. The van der Waals surface area contributed by atoms with E-state index in [1.807, 2.05) is 23.2 Å². The van der Waals surface area contributed by atoms with Gasteiger partial charge in [-0.25, -0.2) is 9.37 Å². The number of fused-ring (bicyclic) bond motifs is 5. The van der Waals surface area contributed by atoms with Crippen LogP contribution in [0.25, 0.3) is 32.0 Å². The Bertz CT molecular complexity index is 2030. The molecule has 4 aliphatic rings. The van der Waals surface area contributed by atoms with Crippen molar-refractivity contribution in [1.29, 1.82) is 0 Å². The number of carbonyl (C=O) groups is 1. The Morgan fingerprint density at radius 2 is 1.96 bits per heavy atom. The monoisotopic (exact) mass is 650 g/mol. The number of amides is 1. The first-order valence-electron chi connectivity index (χ1n) is 16.7. The fraction of sp³-hybridized carbons (Fsp3) is 0.417. The van der Waals surface area contributed by atoms with Crippen molar-refractivity contribution in [3.63, 3.8) is 0 Å². The Morgan fingerprint density at radius 3 is 2.81 bits per heavy atom. The SMILES string of the molecule is Cc1nnc(-c2c(CCC3CCOCC3)nc3c(c2-c2cc4ccnc(N[C@@H]5CCc6ccc(F)cc65)c4s2)C(=O)N2CCC[C@H]32)o1. The normalized spacial score (nSPS) is 20.6. The van der Waals surface area contributed by atoms with Crippen LogP contribution in [-0.4, -0.2) is 50.7 Å². The Morgan fingerprint density at radius 1 is 1.06 bits per heavy atom. The van der Waals surface area contributed by atoms with Gasteiger partial charge in [-0.3, -0.25) is 9.78 Å². The van der Waals surface area contributed by atoms with Gasteiger partial charge in [-0.15, -0.1) is 21.5 Å². The summed E-state index contributed by atoms with van der Waals surface area (Å²) in [6.07, 6.45) is 9.27. The largest absolute Gasteiger partial charge is 0.421 e. The van der Waals surface area contributed by atoms with E-state index in [9.17, 15) is 9.18 Å². The number of hydrogen-bond donors (Lipinski definition) is 1. The predicted octanol–water partition coefficient (Wildman–Crippen LogP) is 7.61. The molecule has 0 unspecified atom stereocenters. The highest BCUT2D eigenvalue weighted by atomic mass is 32.1. The molecule has 7 heterocycles. The first-order chi connectivity index (χ1) is 23.0. The number of hydrogen-bond acceptors (Lipinski definition) is 9. The molecule has 47 heavy (non-hydrogen) atoms. The van der Waals surface area contributed by atoms with Crippen LogP contribution in [0.15, 0.2) is 40.9 Å². The predicted molar refractivity (Wildman–Crippen MR) is 177 cm³/mol. The number of benzene rings is 1. The molecule has 2 fully saturated rings. The molecule has 2 saturated heterocycles. The summed E-state index contributed by atoms with van der Waals surface area (Å²) in [5.74, 6) is 1.98. The molecule has 9 nitrogen and oxygen atoms in total. The molecule has 3 aliphatic heterocycles. The lowest BCUT2D eigenvalue weighted by Crippen LogP contribution is -2.22. The van der Waals surface area contributed by atoms with E-state index in [2.05, 4.69) is 21.6 Å². The molecule has 5 aromatic rings. The second kappa shape index (κ2) is 11.5. The van der Waals surface area contributed by atoms with Crippen molar-refractivity contribution >= 4 is 33.1 Å². The average Bonchev–Trinajstić information content (AvgIpc) is 3.92. The Kier molecular flexibility index (Phi) is 7.08. The Hall–Kier alpha value is -4.22. The molecule has 1 aliphatic carbocycles. The van der Waals surface area contributed by atoms with Gasteiger partial charge in [0, 0.05) is 43.3 Å². The van der Waals surface area contributed by atoms with Crippen molar-refractivity contribution in [1.82, 2.24) is 25.1 Å². The maximum Gasteiger partial charge on any atom is 0.257 e. The zero-order valence-corrected chi connectivity index (χ0v) is 27.0. The maximum absolute atomic E-state index is 14.2. The van der Waals surface area contributed by atoms with E-state index in [1.165, 1.54) is 11.6 Å². The van der Waals surface area contributed by atoms with E-state index in [1.54, 1.807) is 24.3 Å². The summed E-state index contributed by atoms with van der Waals surface area (Å²) in [5, 5.41) is 13.4. The molecule has 0 saturated carbocycles. The first-order valence-corrected chi connectivity index (χ1v) is 17.5. The van der Waals surface area contributed by atoms with Crippen LogP contribution >= 0.6 is 11.3 Å². The van der Waals surface area contributed by atoms with Crippen LogP contribution in [-0.2, 0) is 17.6 Å². The first kappa shape index (κ1) is 29.0. The van der Waals surface area contributed by atoms with Crippen LogP contribution in [0.4, 0.5) is 10.2 Å². The van der Waals surface area contributed by atoms with Crippen molar-refractivity contribution in [3.8, 4) is 21.9 Å². The summed E-state index contributed by atoms with van der Waals surface area (Å²) in [6, 6.07) is 9.17. The summed E-state index contributed by atoms with van der Waals surface area (Å²) in [4.78, 5) is 27.2. The zero-order valence-electron chi connectivity index (χ0n) is 26.2. The molecule has 1 N–H and O–H groups in total. The molecule has 11 heteroatoms. The van der Waals surface area contributed by atoms with E-state index >= 15 is 0 Å². The number of aromatic nitrogens is 4. The lowest BCUT2D eigenvalue weighted by atomic mass is 9.90. The van der Waals surface area contributed by atoms with Crippen molar-refractivity contribution in [2.45, 2.75) is 70.4 Å². The Balaban J connectivity index is 1.20. The third kappa shape index (κ3) is 4.93. The van der Waals surface area contributed by atoms with Gasteiger partial charge in [0.2, 0.25) is 11.8 Å². The molecule has 1 amide bonds. The molecule has 9 rings (SSSR count). The van der Waals surface area contributed by atoms with Gasteiger partial charge in [-0.1, -0.05) is 6.07 Å². The summed E-state index contributed by atoms with van der Waals surface area (Å²) >= 11 is 1.61. The van der Waals surface area contributed by atoms with E-state index in [-0.39, 0.29) is 23.8 Å². The van der Waals surface area contributed by atoms with Crippen molar-refractivity contribution in [2.75, 3.05) is 25.1 Å². The number of pyridine rings is 2. The lowest BCUT2D eigenvalue weighted by molar-refractivity contribution is 0.0639. The van der Waals surface area contributed by atoms with Crippen LogP contribution in [0.1, 0.15) is 89.4 Å². The minimum absolute atomic E-state index is 0.00680. The van der Waals surface area contributed by atoms with E-state index in [0.29, 0.717) is 23.3 Å². The van der Waals surface area contributed by atoms with Gasteiger partial charge in [0.15, 0.2) is 0 Å². The Labute approximate surface area is 275 Å². The molecule has 0 bridgehead atoms. The van der Waals surface area contributed by atoms with Gasteiger partial charge in [0.1, 0.15) is 11.6 Å². The molecule has 2 atom stereocenters. The summed E-state index contributed by atoms with van der Waals surface area (Å²) in [5.41, 5.74) is 6.20. The van der Waals surface area contributed by atoms with Crippen LogP contribution in [0.3, 0.4) is 0 Å². The number of carbonyl (C=O) groups excluding carboxylic acids is 1. The number of nitrogens with zero attached hydrogens (tertiary/aromatic N) is 5. The topological polar surface area (TPSA) is 106 Å². The second-order valence-corrected chi connectivity index (χ2v) is 14.3. The summed E-state index contributed by atoms with van der Waals surface area (Å²) < 4.78 is 27.0. The molecule has 1 aromatic carbocycles. The third-order valence-electron chi connectivity index (χ3n) is 10.4. The van der Waals surface area contributed by atoms with Crippen LogP contribution in [0.2, 0.25) is 0 Å². The van der Waals surface area contributed by atoms with Gasteiger partial charge in [-0.2, -0.15) is 0 Å². The average molecular weight is 651 g/mol. The number of ether oxygens (including phenoxy) is 1. The van der Waals surface area contributed by atoms with Crippen molar-refractivity contribution in [3.05, 3.63) is 76.3 Å². The highest BCUT2D eigenvalue weighted by Crippen LogP contribution is 2.50. The lowest BCUT2D eigenvalue weighted by Gasteiger charge is -2.22. The smallest absolute Gasteiger partial charge is 0.257 e. The fourth-order valence-electron chi connectivity index (χ4n) is 8.06. The van der Waals surface area contributed by atoms with Crippen LogP contribution in [0, 0.1) is 18.7 Å². The van der Waals surface area contributed by atoms with Crippen molar-refractivity contribution < 1.29 is 18.3 Å². The van der Waals surface area contributed by atoms with Gasteiger partial charge < -0.3 is 19.4 Å². The van der Waals surface area contributed by atoms with Crippen LogP contribution in [0.5, 0.6) is 0 Å². The van der Waals surface area contributed by atoms with Gasteiger partial charge in [-0.05, 0) is 98.1 Å². The number of aryl methyl sites for hydroxylation is 3. The highest BCUT2D eigenvalue weighted by Gasteiger charge is 2.45. The number of rotatable bonds is 7. The number of nitrogens with one attached hydrogen (secondary N) is 1. The van der Waals surface area contributed by atoms with Gasteiger partial charge in [0.05, 0.1) is 39.3 Å². The number of halogens is 1. The molecule has 240 valence electrons. The van der Waals surface area contributed by atoms with Crippen molar-refractivity contribution in [2.24, 2.45) is 5.92 Å². The fourth-order valence-corrected chi connectivity index (χ4v) is 9.23. The minimum Gasteiger partial charge on any atom is -0.421 e. The van der Waals surface area contributed by atoms with E-state index in [0.717, 1.165) is 120 Å². The van der Waals surface area contributed by atoms with Gasteiger partial charge in [0.25, 0.3) is 5.91 Å². The summed E-state index contributed by atoms with van der Waals surface area (Å²) in [7, 11) is 0.